The van der Waals surface area contributed by atoms with E-state index < -0.39 is 22.0 Å². The minimum atomic E-state index is -3.93. The van der Waals surface area contributed by atoms with E-state index in [4.69, 9.17) is 20.9 Å². The number of carbonyl (C=O) groups is 1. The first-order chi connectivity index (χ1) is 12.1. The Morgan fingerprint density at radius 2 is 2.04 bits per heavy atom. The van der Waals surface area contributed by atoms with Gasteiger partial charge < -0.3 is 9.26 Å². The van der Waals surface area contributed by atoms with Crippen LogP contribution in [0.1, 0.15) is 30.9 Å². The first-order valence-corrected chi connectivity index (χ1v) is 9.84. The maximum atomic E-state index is 12.5. The zero-order chi connectivity index (χ0) is 19.5. The van der Waals surface area contributed by atoms with E-state index in [1.165, 1.54) is 18.2 Å². The fraction of sp³-hybridized carbons (Fsp3) is 0.412. The molecule has 0 spiro atoms. The van der Waals surface area contributed by atoms with Crippen LogP contribution in [-0.4, -0.2) is 25.6 Å². The van der Waals surface area contributed by atoms with Crippen LogP contribution >= 0.6 is 11.6 Å². The van der Waals surface area contributed by atoms with Crippen molar-refractivity contribution in [3.63, 3.8) is 0 Å². The van der Waals surface area contributed by atoms with E-state index in [0.29, 0.717) is 17.0 Å². The fourth-order valence-electron chi connectivity index (χ4n) is 2.27. The van der Waals surface area contributed by atoms with Gasteiger partial charge in [-0.1, -0.05) is 36.7 Å². The molecule has 2 aromatic rings. The summed E-state index contributed by atoms with van der Waals surface area (Å²) in [6, 6.07) is 4.77. The van der Waals surface area contributed by atoms with Gasteiger partial charge in [0.15, 0.2) is 0 Å². The molecule has 0 amide bonds. The largest absolute Gasteiger partial charge is 0.459 e. The molecule has 0 aliphatic rings. The molecule has 0 unspecified atom stereocenters. The van der Waals surface area contributed by atoms with Crippen LogP contribution in [0.4, 0.5) is 0 Å². The highest BCUT2D eigenvalue weighted by Crippen LogP contribution is 2.18. The van der Waals surface area contributed by atoms with Crippen LogP contribution in [0.3, 0.4) is 0 Å². The van der Waals surface area contributed by atoms with Crippen LogP contribution in [0.5, 0.6) is 0 Å². The first kappa shape index (κ1) is 20.4. The molecule has 0 radical (unpaired) electrons. The van der Waals surface area contributed by atoms with Crippen molar-refractivity contribution in [1.82, 2.24) is 9.88 Å². The van der Waals surface area contributed by atoms with Gasteiger partial charge >= 0.3 is 5.97 Å². The predicted octanol–water partition coefficient (Wildman–Crippen LogP) is 2.99. The van der Waals surface area contributed by atoms with Gasteiger partial charge in [-0.2, -0.15) is 4.72 Å². The molecule has 0 aliphatic carbocycles. The highest BCUT2D eigenvalue weighted by Gasteiger charge is 2.30. The summed E-state index contributed by atoms with van der Waals surface area (Å²) in [6.07, 6.45) is 0. The van der Waals surface area contributed by atoms with Crippen LogP contribution < -0.4 is 4.72 Å². The quantitative estimate of drug-likeness (QED) is 0.717. The van der Waals surface area contributed by atoms with Crippen LogP contribution in [-0.2, 0) is 26.2 Å². The van der Waals surface area contributed by atoms with Gasteiger partial charge in [0.25, 0.3) is 0 Å². The maximum Gasteiger partial charge on any atom is 0.324 e. The molecule has 2 rings (SSSR count). The Hall–Kier alpha value is -1.90. The number of aryl methyl sites for hydroxylation is 2. The minimum Gasteiger partial charge on any atom is -0.459 e. The van der Waals surface area contributed by atoms with Crippen molar-refractivity contribution in [2.24, 2.45) is 5.92 Å². The van der Waals surface area contributed by atoms with Crippen molar-refractivity contribution in [3.05, 3.63) is 46.3 Å². The van der Waals surface area contributed by atoms with Gasteiger partial charge in [0.2, 0.25) is 10.0 Å². The van der Waals surface area contributed by atoms with Gasteiger partial charge in [-0.05, 0) is 38.0 Å². The van der Waals surface area contributed by atoms with Crippen molar-refractivity contribution in [2.75, 3.05) is 0 Å². The Labute approximate surface area is 157 Å². The third-order valence-electron chi connectivity index (χ3n) is 3.85. The van der Waals surface area contributed by atoms with E-state index in [-0.39, 0.29) is 22.4 Å². The molecule has 1 N–H and O–H groups in total. The van der Waals surface area contributed by atoms with Gasteiger partial charge in [-0.25, -0.2) is 8.42 Å². The normalized spacial score (nSPS) is 13.0. The zero-order valence-corrected chi connectivity index (χ0v) is 16.5. The van der Waals surface area contributed by atoms with E-state index in [0.717, 1.165) is 0 Å². The molecule has 26 heavy (non-hydrogen) atoms. The lowest BCUT2D eigenvalue weighted by molar-refractivity contribution is -0.148. The Morgan fingerprint density at radius 3 is 2.58 bits per heavy atom. The van der Waals surface area contributed by atoms with Crippen LogP contribution in [0.25, 0.3) is 0 Å². The number of benzene rings is 1. The summed E-state index contributed by atoms with van der Waals surface area (Å²) >= 11 is 5.85. The van der Waals surface area contributed by atoms with Gasteiger partial charge in [-0.3, -0.25) is 4.79 Å². The third kappa shape index (κ3) is 4.84. The van der Waals surface area contributed by atoms with E-state index in [9.17, 15) is 13.2 Å². The number of aromatic nitrogens is 1. The Bertz CT molecular complexity index is 873. The molecule has 7 nitrogen and oxygen atoms in total. The summed E-state index contributed by atoms with van der Waals surface area (Å²) < 4.78 is 37.8. The standard InChI is InChI=1S/C17H21ClN2O5S/c1-10(2)16(17(21)24-9-15-11(3)19-25-12(15)4)20-26(22,23)14-7-5-6-13(18)8-14/h5-8,10,16,20H,9H2,1-4H3/t16-/m0/s1. The summed E-state index contributed by atoms with van der Waals surface area (Å²) in [7, 11) is -3.93. The molecule has 142 valence electrons. The Morgan fingerprint density at radius 1 is 1.35 bits per heavy atom. The molecular formula is C17H21ClN2O5S. The van der Waals surface area contributed by atoms with Crippen molar-refractivity contribution >= 4 is 27.6 Å². The van der Waals surface area contributed by atoms with Gasteiger partial charge in [-0.15, -0.1) is 0 Å². The topological polar surface area (TPSA) is 98.5 Å². The van der Waals surface area contributed by atoms with Crippen molar-refractivity contribution in [1.29, 1.82) is 0 Å². The molecule has 0 saturated heterocycles. The van der Waals surface area contributed by atoms with Crippen molar-refractivity contribution in [3.8, 4) is 0 Å². The lowest BCUT2D eigenvalue weighted by Gasteiger charge is -2.21. The summed E-state index contributed by atoms with van der Waals surface area (Å²) in [5, 5.41) is 4.08. The second-order valence-corrected chi connectivity index (χ2v) is 8.36. The SMILES string of the molecule is Cc1noc(C)c1COC(=O)[C@@H](NS(=O)(=O)c1cccc(Cl)c1)C(C)C. The molecule has 1 atom stereocenters. The van der Waals surface area contributed by atoms with Crippen LogP contribution in [0, 0.1) is 19.8 Å². The Balaban J connectivity index is 2.14. The van der Waals surface area contributed by atoms with E-state index in [1.54, 1.807) is 33.8 Å². The van der Waals surface area contributed by atoms with E-state index in [1.807, 2.05) is 0 Å². The highest BCUT2D eigenvalue weighted by atomic mass is 35.5. The number of carbonyl (C=O) groups excluding carboxylic acids is 1. The lowest BCUT2D eigenvalue weighted by atomic mass is 10.1. The second-order valence-electron chi connectivity index (χ2n) is 6.21. The monoisotopic (exact) mass is 400 g/mol. The number of rotatable bonds is 7. The molecule has 1 aromatic carbocycles. The predicted molar refractivity (Wildman–Crippen MR) is 96.2 cm³/mol. The maximum absolute atomic E-state index is 12.5. The number of esters is 1. The van der Waals surface area contributed by atoms with Crippen molar-refractivity contribution < 1.29 is 22.5 Å². The third-order valence-corrected chi connectivity index (χ3v) is 5.52. The van der Waals surface area contributed by atoms with Crippen LogP contribution in [0.15, 0.2) is 33.7 Å². The molecule has 0 fully saturated rings. The average Bonchev–Trinajstić information content (AvgIpc) is 2.88. The summed E-state index contributed by atoms with van der Waals surface area (Å²) in [5.41, 5.74) is 1.29. The smallest absolute Gasteiger partial charge is 0.324 e. The molecule has 0 bridgehead atoms. The van der Waals surface area contributed by atoms with Crippen LogP contribution in [0.2, 0.25) is 5.02 Å². The molecular weight excluding hydrogens is 380 g/mol. The van der Waals surface area contributed by atoms with E-state index >= 15 is 0 Å². The van der Waals surface area contributed by atoms with Crippen molar-refractivity contribution in [2.45, 2.75) is 45.2 Å². The molecule has 1 heterocycles. The number of halogens is 1. The van der Waals surface area contributed by atoms with Gasteiger partial charge in [0.05, 0.1) is 16.2 Å². The van der Waals surface area contributed by atoms with Gasteiger partial charge in [0.1, 0.15) is 18.4 Å². The molecule has 9 heteroatoms. The average molecular weight is 401 g/mol. The number of nitrogens with zero attached hydrogens (tertiary/aromatic N) is 1. The lowest BCUT2D eigenvalue weighted by Crippen LogP contribution is -2.45. The first-order valence-electron chi connectivity index (χ1n) is 7.98. The minimum absolute atomic E-state index is 0.0193. The summed E-state index contributed by atoms with van der Waals surface area (Å²) in [4.78, 5) is 12.4. The van der Waals surface area contributed by atoms with E-state index in [2.05, 4.69) is 9.88 Å². The number of sulfonamides is 1. The number of nitrogens with one attached hydrogen (secondary N) is 1. The second kappa shape index (κ2) is 8.20. The number of hydrogen-bond donors (Lipinski definition) is 1. The molecule has 0 aliphatic heterocycles. The fourth-order valence-corrected chi connectivity index (χ4v) is 3.90. The number of ether oxygens (including phenoxy) is 1. The number of hydrogen-bond acceptors (Lipinski definition) is 6. The summed E-state index contributed by atoms with van der Waals surface area (Å²) in [6.45, 7) is 6.86. The highest BCUT2D eigenvalue weighted by molar-refractivity contribution is 7.89. The molecule has 1 aromatic heterocycles. The Kier molecular flexibility index (Phi) is 6.44. The zero-order valence-electron chi connectivity index (χ0n) is 14.9. The molecule has 0 saturated carbocycles. The van der Waals surface area contributed by atoms with Gasteiger partial charge in [0, 0.05) is 5.02 Å². The summed E-state index contributed by atoms with van der Waals surface area (Å²) in [5.74, 6) is -0.442.